The van der Waals surface area contributed by atoms with Crippen molar-refractivity contribution in [2.24, 2.45) is 0 Å². The Morgan fingerprint density at radius 2 is 1.73 bits per heavy atom. The first-order valence-electron chi connectivity index (χ1n) is 9.88. The van der Waals surface area contributed by atoms with Crippen LogP contribution < -0.4 is 9.47 Å². The van der Waals surface area contributed by atoms with Gasteiger partial charge >= 0.3 is 6.09 Å². The van der Waals surface area contributed by atoms with Crippen molar-refractivity contribution in [3.63, 3.8) is 0 Å². The van der Waals surface area contributed by atoms with E-state index in [0.29, 0.717) is 23.6 Å². The molecular formula is C24H21NO5. The van der Waals surface area contributed by atoms with Gasteiger partial charge in [-0.15, -0.1) is 0 Å². The van der Waals surface area contributed by atoms with Crippen LogP contribution in [0.25, 0.3) is 0 Å². The van der Waals surface area contributed by atoms with Crippen molar-refractivity contribution < 1.29 is 24.1 Å². The molecule has 1 N–H and O–H groups in total. The van der Waals surface area contributed by atoms with E-state index in [1.54, 1.807) is 17.0 Å². The number of benzene rings is 3. The van der Waals surface area contributed by atoms with E-state index < -0.39 is 12.1 Å². The Kier molecular flexibility index (Phi) is 4.67. The molecule has 0 aliphatic carbocycles. The minimum absolute atomic E-state index is 0.0572. The molecule has 5 rings (SSSR count). The van der Waals surface area contributed by atoms with Gasteiger partial charge in [-0.3, -0.25) is 4.90 Å². The number of phenolic OH excluding ortho intramolecular Hbond substituents is 1. The lowest BCUT2D eigenvalue weighted by atomic mass is 9.88. The van der Waals surface area contributed by atoms with Crippen molar-refractivity contribution in [2.45, 2.75) is 19.1 Å². The number of carbonyl (C=O) groups excluding carboxylic acids is 1. The fourth-order valence-corrected chi connectivity index (χ4v) is 4.07. The molecule has 1 unspecified atom stereocenters. The number of amides is 1. The molecule has 3 aromatic carbocycles. The van der Waals surface area contributed by atoms with Crippen LogP contribution in [-0.2, 0) is 17.8 Å². The Bertz CT molecular complexity index is 1080. The zero-order valence-corrected chi connectivity index (χ0v) is 16.3. The zero-order chi connectivity index (χ0) is 20.5. The molecule has 3 aromatic rings. The molecule has 0 saturated carbocycles. The number of hydrogen-bond acceptors (Lipinski definition) is 5. The monoisotopic (exact) mass is 403 g/mol. The van der Waals surface area contributed by atoms with Crippen molar-refractivity contribution in [3.05, 3.63) is 89.0 Å². The normalized spacial score (nSPS) is 16.8. The minimum Gasteiger partial charge on any atom is -0.507 e. The van der Waals surface area contributed by atoms with Gasteiger partial charge in [0.2, 0.25) is 6.79 Å². The first-order chi connectivity index (χ1) is 14.7. The van der Waals surface area contributed by atoms with Crippen LogP contribution in [0.15, 0.2) is 66.7 Å². The summed E-state index contributed by atoms with van der Waals surface area (Å²) >= 11 is 0. The van der Waals surface area contributed by atoms with Gasteiger partial charge in [0.15, 0.2) is 11.5 Å². The zero-order valence-electron chi connectivity index (χ0n) is 16.3. The third kappa shape index (κ3) is 3.30. The molecule has 2 aliphatic heterocycles. The summed E-state index contributed by atoms with van der Waals surface area (Å²) in [7, 11) is 0. The van der Waals surface area contributed by atoms with E-state index in [4.69, 9.17) is 14.2 Å². The standard InChI is InChI=1S/C24H21NO5/c26-20-13-22-21(29-15-30-22)12-19(20)23-18-9-5-4-8-17(18)10-11-25(23)24(27)28-14-16-6-2-1-3-7-16/h1-9,12-13,23,26H,10-11,14-15H2. The molecule has 1 amide bonds. The van der Waals surface area contributed by atoms with Crippen LogP contribution >= 0.6 is 0 Å². The molecule has 0 spiro atoms. The topological polar surface area (TPSA) is 68.2 Å². The smallest absolute Gasteiger partial charge is 0.410 e. The number of rotatable bonds is 3. The van der Waals surface area contributed by atoms with Crippen LogP contribution in [-0.4, -0.2) is 29.4 Å². The second-order valence-corrected chi connectivity index (χ2v) is 7.35. The predicted octanol–water partition coefficient (Wildman–Crippen LogP) is 4.41. The Balaban J connectivity index is 1.50. The Morgan fingerprint density at radius 3 is 2.57 bits per heavy atom. The molecule has 6 nitrogen and oxygen atoms in total. The molecule has 0 fully saturated rings. The highest BCUT2D eigenvalue weighted by Crippen LogP contribution is 2.45. The van der Waals surface area contributed by atoms with Crippen molar-refractivity contribution in [1.82, 2.24) is 4.90 Å². The first kappa shape index (κ1) is 18.4. The highest BCUT2D eigenvalue weighted by atomic mass is 16.7. The maximum atomic E-state index is 13.1. The van der Waals surface area contributed by atoms with Gasteiger partial charge in [0.25, 0.3) is 0 Å². The lowest BCUT2D eigenvalue weighted by Crippen LogP contribution is -2.40. The third-order valence-electron chi connectivity index (χ3n) is 5.54. The molecule has 152 valence electrons. The molecule has 6 heteroatoms. The number of nitrogens with zero attached hydrogens (tertiary/aromatic N) is 1. The molecule has 30 heavy (non-hydrogen) atoms. The second-order valence-electron chi connectivity index (χ2n) is 7.35. The van der Waals surface area contributed by atoms with E-state index in [2.05, 4.69) is 6.07 Å². The van der Waals surface area contributed by atoms with Crippen molar-refractivity contribution >= 4 is 6.09 Å². The van der Waals surface area contributed by atoms with E-state index >= 15 is 0 Å². The van der Waals surface area contributed by atoms with E-state index in [0.717, 1.165) is 23.1 Å². The second kappa shape index (κ2) is 7.63. The Hall–Kier alpha value is -3.67. The Morgan fingerprint density at radius 1 is 1.00 bits per heavy atom. The molecule has 0 saturated heterocycles. The van der Waals surface area contributed by atoms with Crippen LogP contribution in [0.2, 0.25) is 0 Å². The van der Waals surface area contributed by atoms with Gasteiger partial charge < -0.3 is 19.3 Å². The average molecular weight is 403 g/mol. The summed E-state index contributed by atoms with van der Waals surface area (Å²) < 4.78 is 16.5. The minimum atomic E-state index is -0.479. The quantitative estimate of drug-likeness (QED) is 0.702. The molecule has 0 aromatic heterocycles. The summed E-state index contributed by atoms with van der Waals surface area (Å²) in [4.78, 5) is 14.7. The van der Waals surface area contributed by atoms with E-state index in [1.807, 2.05) is 48.5 Å². The maximum Gasteiger partial charge on any atom is 0.410 e. The van der Waals surface area contributed by atoms with E-state index in [9.17, 15) is 9.90 Å². The highest BCUT2D eigenvalue weighted by molar-refractivity contribution is 5.71. The average Bonchev–Trinajstić information content (AvgIpc) is 3.24. The maximum absolute atomic E-state index is 13.1. The molecule has 0 radical (unpaired) electrons. The summed E-state index contributed by atoms with van der Waals surface area (Å²) in [6, 6.07) is 20.4. The van der Waals surface area contributed by atoms with Gasteiger partial charge in [0, 0.05) is 18.2 Å². The van der Waals surface area contributed by atoms with Crippen LogP contribution in [0, 0.1) is 0 Å². The van der Waals surface area contributed by atoms with Gasteiger partial charge in [-0.1, -0.05) is 54.6 Å². The van der Waals surface area contributed by atoms with Gasteiger partial charge in [-0.25, -0.2) is 4.79 Å². The largest absolute Gasteiger partial charge is 0.507 e. The van der Waals surface area contributed by atoms with Gasteiger partial charge in [-0.2, -0.15) is 0 Å². The van der Waals surface area contributed by atoms with E-state index in [-0.39, 0.29) is 19.1 Å². The van der Waals surface area contributed by atoms with Crippen molar-refractivity contribution in [2.75, 3.05) is 13.3 Å². The van der Waals surface area contributed by atoms with Crippen LogP contribution in [0.1, 0.15) is 28.3 Å². The summed E-state index contributed by atoms with van der Waals surface area (Å²) in [6.07, 6.45) is 0.300. The van der Waals surface area contributed by atoms with Crippen molar-refractivity contribution in [3.8, 4) is 17.2 Å². The summed E-state index contributed by atoms with van der Waals surface area (Å²) in [5, 5.41) is 10.7. The molecule has 2 heterocycles. The third-order valence-corrected chi connectivity index (χ3v) is 5.54. The number of phenols is 1. The molecular weight excluding hydrogens is 382 g/mol. The Labute approximate surface area is 174 Å². The molecule has 0 bridgehead atoms. The number of fused-ring (bicyclic) bond motifs is 2. The van der Waals surface area contributed by atoms with Gasteiger partial charge in [-0.05, 0) is 29.2 Å². The van der Waals surface area contributed by atoms with Crippen LogP contribution in [0.4, 0.5) is 4.79 Å². The fraction of sp³-hybridized carbons (Fsp3) is 0.208. The summed E-state index contributed by atoms with van der Waals surface area (Å²) in [5.41, 5.74) is 3.62. The number of aromatic hydroxyl groups is 1. The van der Waals surface area contributed by atoms with Gasteiger partial charge in [0.1, 0.15) is 12.4 Å². The SMILES string of the molecule is O=C(OCc1ccccc1)N1CCc2ccccc2C1c1cc2c(cc1O)OCO2. The van der Waals surface area contributed by atoms with Gasteiger partial charge in [0.05, 0.1) is 6.04 Å². The molecule has 2 aliphatic rings. The van der Waals surface area contributed by atoms with Crippen molar-refractivity contribution in [1.29, 1.82) is 0 Å². The van der Waals surface area contributed by atoms with Crippen LogP contribution in [0.3, 0.4) is 0 Å². The highest BCUT2D eigenvalue weighted by Gasteiger charge is 2.35. The number of hydrogen-bond donors (Lipinski definition) is 1. The molecule has 1 atom stereocenters. The lowest BCUT2D eigenvalue weighted by Gasteiger charge is -2.37. The number of carbonyl (C=O) groups is 1. The van der Waals surface area contributed by atoms with E-state index in [1.165, 1.54) is 0 Å². The summed E-state index contributed by atoms with van der Waals surface area (Å²) in [6.45, 7) is 0.795. The first-order valence-corrected chi connectivity index (χ1v) is 9.88. The van der Waals surface area contributed by atoms with Crippen LogP contribution in [0.5, 0.6) is 17.2 Å². The fourth-order valence-electron chi connectivity index (χ4n) is 4.07. The summed E-state index contributed by atoms with van der Waals surface area (Å²) in [5.74, 6) is 1.11. The predicted molar refractivity (Wildman–Crippen MR) is 110 cm³/mol. The lowest BCUT2D eigenvalue weighted by molar-refractivity contribution is 0.0833. The number of ether oxygens (including phenoxy) is 3.